The maximum absolute atomic E-state index is 10.5. The predicted octanol–water partition coefficient (Wildman–Crippen LogP) is 1.16. The van der Waals surface area contributed by atoms with Crippen LogP contribution in [0.1, 0.15) is 19.8 Å². The summed E-state index contributed by atoms with van der Waals surface area (Å²) in [5.41, 5.74) is 5.04. The number of aromatic nitrogens is 1. The molecule has 0 aliphatic rings. The molecule has 0 spiro atoms. The second kappa shape index (κ2) is 6.66. The number of nitrogens with two attached hydrogens (primary N) is 1. The van der Waals surface area contributed by atoms with Crippen LogP contribution in [0, 0.1) is 0 Å². The Labute approximate surface area is 95.0 Å². The Morgan fingerprint density at radius 3 is 3.12 bits per heavy atom. The first-order valence-corrected chi connectivity index (χ1v) is 5.34. The second-order valence-corrected chi connectivity index (χ2v) is 3.28. The average Bonchev–Trinajstić information content (AvgIpc) is 2.26. The molecule has 1 aromatic heterocycles. The van der Waals surface area contributed by atoms with Crippen LogP contribution in [0.4, 0.5) is 5.82 Å². The Bertz CT molecular complexity index is 342. The molecule has 16 heavy (non-hydrogen) atoms. The minimum atomic E-state index is -0.284. The molecule has 0 aliphatic carbocycles. The molecule has 1 amide bonds. The number of carbonyl (C=O) groups excluding carboxylic acids is 1. The number of anilines is 1. The summed E-state index contributed by atoms with van der Waals surface area (Å²) in [7, 11) is 0. The normalized spacial score (nSPS) is 9.81. The van der Waals surface area contributed by atoms with E-state index in [0.717, 1.165) is 5.75 Å². The molecule has 0 radical (unpaired) electrons. The first kappa shape index (κ1) is 12.3. The standard InChI is InChI=1S/C11H17N3O2/c1-2-16-9-5-3-7-13-11(9)14-8-4-6-10(12)15/h3,5,7H,2,4,6,8H2,1H3,(H2,12,15)(H,13,14). The Kier molecular flexibility index (Phi) is 5.11. The van der Waals surface area contributed by atoms with Crippen LogP contribution in [0.3, 0.4) is 0 Å². The molecule has 5 heteroatoms. The number of rotatable bonds is 7. The summed E-state index contributed by atoms with van der Waals surface area (Å²) >= 11 is 0. The summed E-state index contributed by atoms with van der Waals surface area (Å²) in [4.78, 5) is 14.7. The van der Waals surface area contributed by atoms with Crippen molar-refractivity contribution < 1.29 is 9.53 Å². The Hall–Kier alpha value is -1.78. The minimum Gasteiger partial charge on any atom is -0.490 e. The molecule has 0 atom stereocenters. The van der Waals surface area contributed by atoms with Gasteiger partial charge in [-0.15, -0.1) is 0 Å². The zero-order valence-corrected chi connectivity index (χ0v) is 9.40. The maximum atomic E-state index is 10.5. The van der Waals surface area contributed by atoms with Gasteiger partial charge in [-0.2, -0.15) is 0 Å². The third-order valence-corrected chi connectivity index (χ3v) is 1.96. The summed E-state index contributed by atoms with van der Waals surface area (Å²) in [6.07, 6.45) is 2.76. The van der Waals surface area contributed by atoms with Crippen molar-refractivity contribution in [2.24, 2.45) is 5.73 Å². The van der Waals surface area contributed by atoms with E-state index in [1.54, 1.807) is 6.20 Å². The second-order valence-electron chi connectivity index (χ2n) is 3.28. The van der Waals surface area contributed by atoms with Gasteiger partial charge in [0.1, 0.15) is 0 Å². The van der Waals surface area contributed by atoms with E-state index in [0.29, 0.717) is 31.8 Å². The molecule has 0 saturated heterocycles. The van der Waals surface area contributed by atoms with Gasteiger partial charge < -0.3 is 15.8 Å². The fourth-order valence-corrected chi connectivity index (χ4v) is 1.26. The zero-order chi connectivity index (χ0) is 11.8. The molecular weight excluding hydrogens is 206 g/mol. The van der Waals surface area contributed by atoms with Crippen molar-refractivity contribution in [2.45, 2.75) is 19.8 Å². The fourth-order valence-electron chi connectivity index (χ4n) is 1.26. The van der Waals surface area contributed by atoms with Crippen LogP contribution >= 0.6 is 0 Å². The Morgan fingerprint density at radius 2 is 2.44 bits per heavy atom. The molecule has 1 aromatic rings. The smallest absolute Gasteiger partial charge is 0.217 e. The molecule has 0 aliphatic heterocycles. The van der Waals surface area contributed by atoms with Crippen LogP contribution in [0.15, 0.2) is 18.3 Å². The highest BCUT2D eigenvalue weighted by molar-refractivity contribution is 5.73. The van der Waals surface area contributed by atoms with Gasteiger partial charge in [0.05, 0.1) is 6.61 Å². The van der Waals surface area contributed by atoms with Gasteiger partial charge in [0, 0.05) is 19.2 Å². The van der Waals surface area contributed by atoms with Crippen molar-refractivity contribution in [1.29, 1.82) is 0 Å². The van der Waals surface area contributed by atoms with Crippen molar-refractivity contribution in [3.05, 3.63) is 18.3 Å². The van der Waals surface area contributed by atoms with E-state index >= 15 is 0 Å². The van der Waals surface area contributed by atoms with Crippen molar-refractivity contribution in [1.82, 2.24) is 4.98 Å². The topological polar surface area (TPSA) is 77.2 Å². The van der Waals surface area contributed by atoms with E-state index in [2.05, 4.69) is 10.3 Å². The van der Waals surface area contributed by atoms with Gasteiger partial charge in [0.15, 0.2) is 11.6 Å². The van der Waals surface area contributed by atoms with Crippen molar-refractivity contribution in [3.63, 3.8) is 0 Å². The van der Waals surface area contributed by atoms with Gasteiger partial charge in [-0.1, -0.05) is 0 Å². The van der Waals surface area contributed by atoms with Crippen molar-refractivity contribution >= 4 is 11.7 Å². The molecule has 3 N–H and O–H groups in total. The molecule has 5 nitrogen and oxygen atoms in total. The summed E-state index contributed by atoms with van der Waals surface area (Å²) in [6, 6.07) is 3.67. The Balaban J connectivity index is 2.43. The highest BCUT2D eigenvalue weighted by Gasteiger charge is 2.02. The maximum Gasteiger partial charge on any atom is 0.217 e. The van der Waals surface area contributed by atoms with Crippen molar-refractivity contribution in [3.8, 4) is 5.75 Å². The summed E-state index contributed by atoms with van der Waals surface area (Å²) in [5, 5.41) is 3.11. The number of primary amides is 1. The lowest BCUT2D eigenvalue weighted by Gasteiger charge is -2.10. The van der Waals surface area contributed by atoms with Crippen LogP contribution in [0.25, 0.3) is 0 Å². The van der Waals surface area contributed by atoms with Gasteiger partial charge in [-0.25, -0.2) is 4.98 Å². The molecule has 88 valence electrons. The number of amides is 1. The average molecular weight is 223 g/mol. The van der Waals surface area contributed by atoms with Gasteiger partial charge in [0.25, 0.3) is 0 Å². The van der Waals surface area contributed by atoms with E-state index in [-0.39, 0.29) is 5.91 Å². The first-order chi connectivity index (χ1) is 7.74. The van der Waals surface area contributed by atoms with Crippen LogP contribution in [0.2, 0.25) is 0 Å². The molecule has 1 heterocycles. The van der Waals surface area contributed by atoms with Gasteiger partial charge >= 0.3 is 0 Å². The number of hydrogen-bond acceptors (Lipinski definition) is 4. The molecule has 0 saturated carbocycles. The lowest BCUT2D eigenvalue weighted by Crippen LogP contribution is -2.13. The zero-order valence-electron chi connectivity index (χ0n) is 9.40. The van der Waals surface area contributed by atoms with Gasteiger partial charge in [0.2, 0.25) is 5.91 Å². The van der Waals surface area contributed by atoms with Crippen LogP contribution < -0.4 is 15.8 Å². The number of carbonyl (C=O) groups is 1. The van der Waals surface area contributed by atoms with E-state index in [4.69, 9.17) is 10.5 Å². The van der Waals surface area contributed by atoms with E-state index in [1.165, 1.54) is 0 Å². The van der Waals surface area contributed by atoms with Crippen LogP contribution in [-0.4, -0.2) is 24.0 Å². The molecule has 0 fully saturated rings. The number of nitrogens with one attached hydrogen (secondary N) is 1. The molecule has 0 aromatic carbocycles. The highest BCUT2D eigenvalue weighted by atomic mass is 16.5. The molecular formula is C11H17N3O2. The number of nitrogens with zero attached hydrogens (tertiary/aromatic N) is 1. The number of pyridine rings is 1. The quantitative estimate of drug-likeness (QED) is 0.680. The summed E-state index contributed by atoms with van der Waals surface area (Å²) in [6.45, 7) is 3.17. The third kappa shape index (κ3) is 4.16. The van der Waals surface area contributed by atoms with E-state index in [9.17, 15) is 4.79 Å². The van der Waals surface area contributed by atoms with Crippen LogP contribution in [-0.2, 0) is 4.79 Å². The van der Waals surface area contributed by atoms with Gasteiger partial charge in [-0.3, -0.25) is 4.79 Å². The number of hydrogen-bond donors (Lipinski definition) is 2. The monoisotopic (exact) mass is 223 g/mol. The Morgan fingerprint density at radius 1 is 1.62 bits per heavy atom. The largest absolute Gasteiger partial charge is 0.490 e. The lowest BCUT2D eigenvalue weighted by atomic mass is 10.3. The predicted molar refractivity (Wildman–Crippen MR) is 62.3 cm³/mol. The SMILES string of the molecule is CCOc1cccnc1NCCCC(N)=O. The minimum absolute atomic E-state index is 0.284. The molecule has 1 rings (SSSR count). The fraction of sp³-hybridized carbons (Fsp3) is 0.455. The third-order valence-electron chi connectivity index (χ3n) is 1.96. The van der Waals surface area contributed by atoms with Gasteiger partial charge in [-0.05, 0) is 25.5 Å². The molecule has 0 bridgehead atoms. The van der Waals surface area contributed by atoms with Crippen LogP contribution in [0.5, 0.6) is 5.75 Å². The molecule has 0 unspecified atom stereocenters. The first-order valence-electron chi connectivity index (χ1n) is 5.34. The number of ether oxygens (including phenoxy) is 1. The van der Waals surface area contributed by atoms with E-state index in [1.807, 2.05) is 19.1 Å². The summed E-state index contributed by atoms with van der Waals surface area (Å²) < 4.78 is 5.40. The highest BCUT2D eigenvalue weighted by Crippen LogP contribution is 2.20. The van der Waals surface area contributed by atoms with E-state index < -0.39 is 0 Å². The van der Waals surface area contributed by atoms with Crippen molar-refractivity contribution in [2.75, 3.05) is 18.5 Å². The summed E-state index contributed by atoms with van der Waals surface area (Å²) in [5.74, 6) is 1.14. The lowest BCUT2D eigenvalue weighted by molar-refractivity contribution is -0.118.